The number of halogens is 2. The molecule has 0 spiro atoms. The Bertz CT molecular complexity index is 956. The van der Waals surface area contributed by atoms with Crippen LogP contribution in [0.25, 0.3) is 15.9 Å². The highest BCUT2D eigenvalue weighted by molar-refractivity contribution is 7.71. The zero-order valence-electron chi connectivity index (χ0n) is 10.9. The van der Waals surface area contributed by atoms with Gasteiger partial charge in [0.1, 0.15) is 16.5 Å². The number of rotatable bonds is 2. The predicted molar refractivity (Wildman–Crippen MR) is 81.9 cm³/mol. The second-order valence-electron chi connectivity index (χ2n) is 4.48. The van der Waals surface area contributed by atoms with Gasteiger partial charge in [0.2, 0.25) is 0 Å². The van der Waals surface area contributed by atoms with Crippen LogP contribution in [0.15, 0.2) is 29.1 Å². The largest absolute Gasteiger partial charge is 0.323 e. The Morgan fingerprint density at radius 3 is 2.76 bits per heavy atom. The van der Waals surface area contributed by atoms with Gasteiger partial charge in [0, 0.05) is 10.9 Å². The number of H-pyrrole nitrogens is 1. The lowest BCUT2D eigenvalue weighted by Crippen LogP contribution is -2.20. The quantitative estimate of drug-likeness (QED) is 0.725. The zero-order chi connectivity index (χ0) is 15.1. The topological polar surface area (TPSA) is 37.8 Å². The van der Waals surface area contributed by atoms with E-state index in [1.54, 1.807) is 6.07 Å². The second kappa shape index (κ2) is 5.16. The molecule has 0 saturated heterocycles. The summed E-state index contributed by atoms with van der Waals surface area (Å²) in [5.74, 6) is -1.54. The molecular formula is C14H10F2N2OS2. The van der Waals surface area contributed by atoms with Crippen molar-refractivity contribution in [2.75, 3.05) is 0 Å². The van der Waals surface area contributed by atoms with Crippen LogP contribution in [0, 0.1) is 16.4 Å². The molecule has 108 valence electrons. The maximum absolute atomic E-state index is 13.9. The number of aryl methyl sites for hydroxylation is 1. The number of aromatic amines is 1. The van der Waals surface area contributed by atoms with Crippen LogP contribution in [0.4, 0.5) is 8.78 Å². The first kappa shape index (κ1) is 14.1. The van der Waals surface area contributed by atoms with Crippen LogP contribution in [0.2, 0.25) is 0 Å². The van der Waals surface area contributed by atoms with Crippen molar-refractivity contribution in [1.82, 2.24) is 9.55 Å². The molecule has 0 unspecified atom stereocenters. The average Bonchev–Trinajstić information content (AvgIpc) is 2.84. The third-order valence-corrected chi connectivity index (χ3v) is 4.62. The fourth-order valence-electron chi connectivity index (χ4n) is 2.12. The van der Waals surface area contributed by atoms with Gasteiger partial charge in [-0.2, -0.15) is 0 Å². The minimum absolute atomic E-state index is 0.0613. The molecule has 2 aromatic heterocycles. The first-order valence-corrected chi connectivity index (χ1v) is 7.47. The molecule has 21 heavy (non-hydrogen) atoms. The maximum Gasteiger partial charge on any atom is 0.267 e. The predicted octanol–water partition coefficient (Wildman–Crippen LogP) is 3.95. The molecule has 0 radical (unpaired) electrons. The van der Waals surface area contributed by atoms with E-state index in [0.29, 0.717) is 10.2 Å². The summed E-state index contributed by atoms with van der Waals surface area (Å²) < 4.78 is 28.1. The highest BCUT2D eigenvalue weighted by Gasteiger charge is 2.14. The minimum Gasteiger partial charge on any atom is -0.323 e. The van der Waals surface area contributed by atoms with Crippen LogP contribution in [0.5, 0.6) is 0 Å². The second-order valence-corrected chi connectivity index (χ2v) is 6.00. The van der Waals surface area contributed by atoms with Crippen molar-refractivity contribution in [3.63, 3.8) is 0 Å². The molecule has 0 atom stereocenters. The van der Waals surface area contributed by atoms with Crippen LogP contribution in [0.1, 0.15) is 11.8 Å². The van der Waals surface area contributed by atoms with E-state index in [0.717, 1.165) is 28.0 Å². The van der Waals surface area contributed by atoms with Gasteiger partial charge in [0.15, 0.2) is 4.77 Å². The fourth-order valence-corrected chi connectivity index (χ4v) is 3.45. The molecule has 0 aliphatic carbocycles. The first-order chi connectivity index (χ1) is 10.0. The molecule has 7 heteroatoms. The summed E-state index contributed by atoms with van der Waals surface area (Å²) >= 11 is 6.59. The zero-order valence-corrected chi connectivity index (χ0v) is 12.6. The van der Waals surface area contributed by atoms with Gasteiger partial charge in [-0.15, -0.1) is 11.3 Å². The summed E-state index contributed by atoms with van der Waals surface area (Å²) in [5.41, 5.74) is -0.469. The lowest BCUT2D eigenvalue weighted by atomic mass is 10.2. The highest BCUT2D eigenvalue weighted by atomic mass is 32.1. The van der Waals surface area contributed by atoms with E-state index in [1.165, 1.54) is 17.4 Å². The van der Waals surface area contributed by atoms with Gasteiger partial charge in [-0.3, -0.25) is 4.79 Å². The number of hydrogen-bond acceptors (Lipinski definition) is 3. The molecule has 3 nitrogen and oxygen atoms in total. The molecule has 2 heterocycles. The SMILES string of the molecule is CCc1cc2c(=O)n(-c3ccc(F)cc3F)c(=S)[nH]c2s1. The third-order valence-electron chi connectivity index (χ3n) is 3.14. The van der Waals surface area contributed by atoms with E-state index in [1.807, 2.05) is 6.92 Å². The van der Waals surface area contributed by atoms with Crippen LogP contribution >= 0.6 is 23.6 Å². The number of thiophene rings is 1. The molecule has 1 aromatic carbocycles. The van der Waals surface area contributed by atoms with Crippen LogP contribution in [-0.4, -0.2) is 9.55 Å². The van der Waals surface area contributed by atoms with E-state index in [9.17, 15) is 13.6 Å². The van der Waals surface area contributed by atoms with Gasteiger partial charge >= 0.3 is 0 Å². The number of nitrogens with one attached hydrogen (secondary N) is 1. The van der Waals surface area contributed by atoms with Gasteiger partial charge in [0.05, 0.1) is 11.1 Å². The standard InChI is InChI=1S/C14H10F2N2OS2/c1-2-8-6-9-12(21-8)17-14(20)18(13(9)19)11-4-3-7(15)5-10(11)16/h3-6H,2H2,1H3,(H,17,20). The molecule has 1 N–H and O–H groups in total. The third kappa shape index (κ3) is 2.32. The summed E-state index contributed by atoms with van der Waals surface area (Å²) in [5, 5.41) is 0.453. The number of fused-ring (bicyclic) bond motifs is 1. The number of benzene rings is 1. The molecule has 0 aliphatic heterocycles. The van der Waals surface area contributed by atoms with Crippen molar-refractivity contribution in [2.24, 2.45) is 0 Å². The molecule has 0 saturated carbocycles. The van der Waals surface area contributed by atoms with Crippen molar-refractivity contribution < 1.29 is 8.78 Å². The van der Waals surface area contributed by atoms with E-state index >= 15 is 0 Å². The van der Waals surface area contributed by atoms with Crippen LogP contribution in [0.3, 0.4) is 0 Å². The Morgan fingerprint density at radius 2 is 2.10 bits per heavy atom. The minimum atomic E-state index is -0.832. The summed E-state index contributed by atoms with van der Waals surface area (Å²) in [7, 11) is 0. The lowest BCUT2D eigenvalue weighted by molar-refractivity contribution is 0.576. The van der Waals surface area contributed by atoms with Gasteiger partial charge < -0.3 is 4.98 Å². The van der Waals surface area contributed by atoms with Crippen molar-refractivity contribution in [1.29, 1.82) is 0 Å². The van der Waals surface area contributed by atoms with E-state index < -0.39 is 17.2 Å². The smallest absolute Gasteiger partial charge is 0.267 e. The van der Waals surface area contributed by atoms with Crippen molar-refractivity contribution in [3.05, 3.63) is 55.9 Å². The average molecular weight is 324 g/mol. The Hall–Kier alpha value is -1.86. The Kier molecular flexibility index (Phi) is 3.46. The monoisotopic (exact) mass is 324 g/mol. The highest BCUT2D eigenvalue weighted by Crippen LogP contribution is 2.23. The molecule has 0 aliphatic rings. The van der Waals surface area contributed by atoms with Gasteiger partial charge in [-0.25, -0.2) is 13.3 Å². The molecule has 0 bridgehead atoms. The van der Waals surface area contributed by atoms with Gasteiger partial charge in [0.25, 0.3) is 5.56 Å². The molecule has 3 aromatic rings. The Morgan fingerprint density at radius 1 is 1.33 bits per heavy atom. The molecular weight excluding hydrogens is 314 g/mol. The molecule has 0 fully saturated rings. The maximum atomic E-state index is 13.9. The summed E-state index contributed by atoms with van der Waals surface area (Å²) in [4.78, 5) is 17.2. The van der Waals surface area contributed by atoms with Crippen molar-refractivity contribution in [3.8, 4) is 5.69 Å². The molecule has 0 amide bonds. The summed E-state index contributed by atoms with van der Waals surface area (Å²) in [6.07, 6.45) is 0.796. The summed E-state index contributed by atoms with van der Waals surface area (Å²) in [6, 6.07) is 4.79. The van der Waals surface area contributed by atoms with Crippen LogP contribution < -0.4 is 5.56 Å². The van der Waals surface area contributed by atoms with Crippen molar-refractivity contribution >= 4 is 33.8 Å². The summed E-state index contributed by atoms with van der Waals surface area (Å²) in [6.45, 7) is 1.98. The Balaban J connectivity index is 2.37. The van der Waals surface area contributed by atoms with Crippen LogP contribution in [-0.2, 0) is 6.42 Å². The van der Waals surface area contributed by atoms with E-state index in [-0.39, 0.29) is 10.5 Å². The number of aromatic nitrogens is 2. The lowest BCUT2D eigenvalue weighted by Gasteiger charge is -2.07. The first-order valence-electron chi connectivity index (χ1n) is 6.24. The fraction of sp³-hybridized carbons (Fsp3) is 0.143. The van der Waals surface area contributed by atoms with E-state index in [2.05, 4.69) is 4.98 Å². The molecule has 3 rings (SSSR count). The van der Waals surface area contributed by atoms with Crippen molar-refractivity contribution in [2.45, 2.75) is 13.3 Å². The van der Waals surface area contributed by atoms with Gasteiger partial charge in [-0.05, 0) is 36.8 Å². The normalized spacial score (nSPS) is 11.2. The number of hydrogen-bond donors (Lipinski definition) is 1. The number of nitrogens with zero attached hydrogens (tertiary/aromatic N) is 1. The van der Waals surface area contributed by atoms with Gasteiger partial charge in [-0.1, -0.05) is 6.92 Å². The van der Waals surface area contributed by atoms with E-state index in [4.69, 9.17) is 12.2 Å². The Labute approximate surface area is 127 Å².